The number of fused-ring (bicyclic) bond motifs is 3. The number of H-pyrrole nitrogens is 1. The van der Waals surface area contributed by atoms with Gasteiger partial charge in [-0.3, -0.25) is 0 Å². The summed E-state index contributed by atoms with van der Waals surface area (Å²) in [5.41, 5.74) is 4.47. The zero-order valence-corrected chi connectivity index (χ0v) is 16.6. The number of anilines is 1. The van der Waals surface area contributed by atoms with E-state index in [4.69, 9.17) is 4.74 Å². The molecule has 0 unspecified atom stereocenters. The third kappa shape index (κ3) is 3.52. The molecule has 1 fully saturated rings. The molecular formula is C20H27N3O2S. The number of benzene rings is 1. The fourth-order valence-corrected chi connectivity index (χ4v) is 4.64. The van der Waals surface area contributed by atoms with E-state index in [1.807, 2.05) is 37.4 Å². The SMILES string of the molecule is CC(C)(C)OC(=O)N1CCc2[nH]c3ccc(N4CCCSC4)cc3c2C1. The van der Waals surface area contributed by atoms with Crippen LogP contribution in [0.3, 0.4) is 0 Å². The topological polar surface area (TPSA) is 48.6 Å². The Bertz CT molecular complexity index is 818. The van der Waals surface area contributed by atoms with Gasteiger partial charge < -0.3 is 19.5 Å². The Morgan fingerprint density at radius 2 is 2.12 bits per heavy atom. The Kier molecular flexibility index (Phi) is 4.55. The number of aromatic nitrogens is 1. The highest BCUT2D eigenvalue weighted by Gasteiger charge is 2.28. The van der Waals surface area contributed by atoms with Crippen LogP contribution in [-0.4, -0.2) is 46.3 Å². The average Bonchev–Trinajstić information content (AvgIpc) is 2.98. The van der Waals surface area contributed by atoms with Crippen molar-refractivity contribution in [1.29, 1.82) is 0 Å². The molecule has 0 saturated carbocycles. The van der Waals surface area contributed by atoms with Crippen LogP contribution in [-0.2, 0) is 17.7 Å². The minimum Gasteiger partial charge on any atom is -0.444 e. The lowest BCUT2D eigenvalue weighted by Gasteiger charge is -2.30. The number of aromatic amines is 1. The van der Waals surface area contributed by atoms with Gasteiger partial charge in [0.2, 0.25) is 0 Å². The van der Waals surface area contributed by atoms with Gasteiger partial charge in [0, 0.05) is 47.4 Å². The molecule has 1 aromatic heterocycles. The van der Waals surface area contributed by atoms with E-state index in [2.05, 4.69) is 28.1 Å². The molecule has 4 rings (SSSR count). The second-order valence-corrected chi connectivity index (χ2v) is 9.19. The van der Waals surface area contributed by atoms with E-state index in [0.29, 0.717) is 13.1 Å². The third-order valence-corrected chi connectivity index (χ3v) is 6.01. The van der Waals surface area contributed by atoms with Crippen molar-refractivity contribution in [2.24, 2.45) is 0 Å². The molecule has 2 aliphatic heterocycles. The van der Waals surface area contributed by atoms with Crippen molar-refractivity contribution < 1.29 is 9.53 Å². The van der Waals surface area contributed by atoms with Crippen LogP contribution in [0.2, 0.25) is 0 Å². The van der Waals surface area contributed by atoms with Gasteiger partial charge in [0.15, 0.2) is 0 Å². The van der Waals surface area contributed by atoms with Crippen LogP contribution in [0.5, 0.6) is 0 Å². The summed E-state index contributed by atoms with van der Waals surface area (Å²) in [4.78, 5) is 20.3. The number of nitrogens with one attached hydrogen (secondary N) is 1. The highest BCUT2D eigenvalue weighted by Crippen LogP contribution is 2.32. The molecule has 1 saturated heterocycles. The van der Waals surface area contributed by atoms with Gasteiger partial charge in [-0.2, -0.15) is 0 Å². The second kappa shape index (κ2) is 6.72. The fraction of sp³-hybridized carbons (Fsp3) is 0.550. The first kappa shape index (κ1) is 17.6. The number of nitrogens with zero attached hydrogens (tertiary/aromatic N) is 2. The molecule has 1 amide bonds. The van der Waals surface area contributed by atoms with Gasteiger partial charge >= 0.3 is 6.09 Å². The molecule has 5 nitrogen and oxygen atoms in total. The van der Waals surface area contributed by atoms with E-state index < -0.39 is 5.60 Å². The standard InChI is InChI=1S/C20H27N3O2S/c1-20(2,3)25-19(24)22-9-7-18-16(12-22)15-11-14(5-6-17(15)21-18)23-8-4-10-26-13-23/h5-6,11,21H,4,7-10,12-13H2,1-3H3. The number of rotatable bonds is 1. The molecule has 1 N–H and O–H groups in total. The number of hydrogen-bond donors (Lipinski definition) is 1. The largest absolute Gasteiger partial charge is 0.444 e. The molecule has 140 valence electrons. The van der Waals surface area contributed by atoms with Crippen LogP contribution in [0, 0.1) is 0 Å². The molecule has 0 bridgehead atoms. The predicted molar refractivity (Wildman–Crippen MR) is 108 cm³/mol. The molecule has 0 spiro atoms. The lowest BCUT2D eigenvalue weighted by molar-refractivity contribution is 0.0224. The minimum absolute atomic E-state index is 0.221. The van der Waals surface area contributed by atoms with Crippen LogP contribution in [0.4, 0.5) is 10.5 Å². The van der Waals surface area contributed by atoms with Crippen LogP contribution < -0.4 is 4.90 Å². The molecule has 26 heavy (non-hydrogen) atoms. The van der Waals surface area contributed by atoms with Gasteiger partial charge in [0.25, 0.3) is 0 Å². The highest BCUT2D eigenvalue weighted by molar-refractivity contribution is 7.99. The van der Waals surface area contributed by atoms with E-state index in [1.54, 1.807) is 0 Å². The highest BCUT2D eigenvalue weighted by atomic mass is 32.2. The first-order chi connectivity index (χ1) is 12.4. The Labute approximate surface area is 159 Å². The maximum atomic E-state index is 12.5. The molecule has 2 aliphatic rings. The quantitative estimate of drug-likeness (QED) is 0.807. The lowest BCUT2D eigenvalue weighted by Crippen LogP contribution is -2.39. The van der Waals surface area contributed by atoms with Crippen molar-refractivity contribution in [1.82, 2.24) is 9.88 Å². The van der Waals surface area contributed by atoms with Crippen molar-refractivity contribution in [2.75, 3.05) is 29.6 Å². The number of ether oxygens (including phenoxy) is 1. The molecule has 3 heterocycles. The Hall–Kier alpha value is -1.82. The summed E-state index contributed by atoms with van der Waals surface area (Å²) in [5, 5.41) is 1.24. The van der Waals surface area contributed by atoms with Crippen molar-refractivity contribution in [3.8, 4) is 0 Å². The lowest BCUT2D eigenvalue weighted by atomic mass is 10.0. The summed E-state index contributed by atoms with van der Waals surface area (Å²) >= 11 is 1.99. The molecule has 2 aromatic rings. The summed E-state index contributed by atoms with van der Waals surface area (Å²) in [6.45, 7) is 8.17. The number of amides is 1. The van der Waals surface area contributed by atoms with E-state index in [0.717, 1.165) is 24.4 Å². The Balaban J connectivity index is 1.61. The first-order valence-corrected chi connectivity index (χ1v) is 10.5. The molecule has 1 aromatic carbocycles. The van der Waals surface area contributed by atoms with Gasteiger partial charge in [-0.1, -0.05) is 0 Å². The van der Waals surface area contributed by atoms with Crippen molar-refractivity contribution in [2.45, 2.75) is 45.8 Å². The van der Waals surface area contributed by atoms with Gasteiger partial charge in [-0.05, 0) is 51.1 Å². The maximum absolute atomic E-state index is 12.5. The van der Waals surface area contributed by atoms with Crippen LogP contribution >= 0.6 is 11.8 Å². The summed E-state index contributed by atoms with van der Waals surface area (Å²) in [6.07, 6.45) is 1.86. The normalized spacial score (nSPS) is 18.1. The van der Waals surface area contributed by atoms with E-state index in [1.165, 1.54) is 34.5 Å². The van der Waals surface area contributed by atoms with E-state index in [-0.39, 0.29) is 6.09 Å². The number of thioether (sulfide) groups is 1. The molecule has 0 aliphatic carbocycles. The number of carbonyl (C=O) groups excluding carboxylic acids is 1. The molecule has 0 atom stereocenters. The molecular weight excluding hydrogens is 346 g/mol. The summed E-state index contributed by atoms with van der Waals surface area (Å²) < 4.78 is 5.57. The number of hydrogen-bond acceptors (Lipinski definition) is 4. The first-order valence-electron chi connectivity index (χ1n) is 9.35. The van der Waals surface area contributed by atoms with Gasteiger partial charge in [-0.15, -0.1) is 11.8 Å². The Morgan fingerprint density at radius 3 is 2.85 bits per heavy atom. The monoisotopic (exact) mass is 373 g/mol. The average molecular weight is 374 g/mol. The van der Waals surface area contributed by atoms with E-state index in [9.17, 15) is 4.79 Å². The minimum atomic E-state index is -0.462. The fourth-order valence-electron chi connectivity index (χ4n) is 3.68. The van der Waals surface area contributed by atoms with Crippen molar-refractivity contribution in [3.05, 3.63) is 29.5 Å². The zero-order chi connectivity index (χ0) is 18.3. The van der Waals surface area contributed by atoms with Crippen LogP contribution in [0.1, 0.15) is 38.4 Å². The van der Waals surface area contributed by atoms with Crippen LogP contribution in [0.25, 0.3) is 10.9 Å². The van der Waals surface area contributed by atoms with Gasteiger partial charge in [0.05, 0.1) is 12.4 Å². The summed E-state index contributed by atoms with van der Waals surface area (Å²) in [5.74, 6) is 2.31. The van der Waals surface area contributed by atoms with E-state index >= 15 is 0 Å². The smallest absolute Gasteiger partial charge is 0.410 e. The molecule has 0 radical (unpaired) electrons. The second-order valence-electron chi connectivity index (χ2n) is 8.12. The third-order valence-electron chi connectivity index (χ3n) is 4.94. The van der Waals surface area contributed by atoms with Gasteiger partial charge in [0.1, 0.15) is 5.60 Å². The maximum Gasteiger partial charge on any atom is 0.410 e. The zero-order valence-electron chi connectivity index (χ0n) is 15.8. The number of carbonyl (C=O) groups is 1. The predicted octanol–water partition coefficient (Wildman–Crippen LogP) is 4.36. The summed E-state index contributed by atoms with van der Waals surface area (Å²) in [6, 6.07) is 6.68. The van der Waals surface area contributed by atoms with Crippen molar-refractivity contribution in [3.63, 3.8) is 0 Å². The van der Waals surface area contributed by atoms with Crippen molar-refractivity contribution >= 4 is 34.4 Å². The summed E-state index contributed by atoms with van der Waals surface area (Å²) in [7, 11) is 0. The van der Waals surface area contributed by atoms with Crippen LogP contribution in [0.15, 0.2) is 18.2 Å². The Morgan fingerprint density at radius 1 is 1.27 bits per heavy atom. The van der Waals surface area contributed by atoms with Gasteiger partial charge in [-0.25, -0.2) is 4.79 Å². The molecule has 6 heteroatoms.